The van der Waals surface area contributed by atoms with Gasteiger partial charge in [0.25, 0.3) is 0 Å². The lowest BCUT2D eigenvalue weighted by Gasteiger charge is -2.13. The molecule has 0 radical (unpaired) electrons. The summed E-state index contributed by atoms with van der Waals surface area (Å²) in [5, 5.41) is 7.34. The summed E-state index contributed by atoms with van der Waals surface area (Å²) >= 11 is 0. The van der Waals surface area contributed by atoms with Gasteiger partial charge in [0, 0.05) is 19.2 Å². The highest BCUT2D eigenvalue weighted by molar-refractivity contribution is 5.29. The van der Waals surface area contributed by atoms with E-state index in [4.69, 9.17) is 5.73 Å². The molecule has 3 N–H and O–H groups in total. The molecule has 12 heavy (non-hydrogen) atoms. The number of nitrogens with two attached hydrogens (primary N) is 1. The molecule has 0 saturated heterocycles. The third-order valence-corrected chi connectivity index (χ3v) is 1.69. The van der Waals surface area contributed by atoms with Crippen LogP contribution in [-0.4, -0.2) is 16.3 Å². The highest BCUT2D eigenvalue weighted by Crippen LogP contribution is 2.07. The molecule has 0 bridgehead atoms. The molecule has 68 valence electrons. The lowest BCUT2D eigenvalue weighted by Crippen LogP contribution is -2.28. The Labute approximate surface area is 72.8 Å². The molecule has 0 amide bonds. The number of rotatable bonds is 0. The zero-order valence-electron chi connectivity index (χ0n) is 7.67. The summed E-state index contributed by atoms with van der Waals surface area (Å²) in [7, 11) is 0. The Morgan fingerprint density at radius 1 is 1.58 bits per heavy atom. The number of nitrogens with one attached hydrogen (secondary N) is 1. The Kier molecular flexibility index (Phi) is 3.10. The van der Waals surface area contributed by atoms with E-state index in [2.05, 4.69) is 10.4 Å². The maximum absolute atomic E-state index is 5.50. The number of nitrogen functional groups attached to an aromatic ring is 1. The van der Waals surface area contributed by atoms with E-state index in [9.17, 15) is 0 Å². The van der Waals surface area contributed by atoms with Crippen molar-refractivity contribution in [3.05, 3.63) is 11.8 Å². The van der Waals surface area contributed by atoms with Crippen LogP contribution in [0.1, 0.15) is 19.5 Å². The molecule has 1 aromatic heterocycles. The second-order valence-corrected chi connectivity index (χ2v) is 2.46. The van der Waals surface area contributed by atoms with Gasteiger partial charge in [-0.2, -0.15) is 5.10 Å². The maximum atomic E-state index is 5.50. The van der Waals surface area contributed by atoms with Crippen molar-refractivity contribution in [2.45, 2.75) is 26.9 Å². The number of nitrogens with zero attached hydrogens (tertiary/aromatic N) is 2. The molecule has 4 nitrogen and oxygen atoms in total. The van der Waals surface area contributed by atoms with Crippen LogP contribution in [0.3, 0.4) is 0 Å². The first-order chi connectivity index (χ1) is 5.86. The normalized spacial score (nSPS) is 14.5. The lowest BCUT2D eigenvalue weighted by molar-refractivity contribution is 0.476. The molecule has 0 saturated carbocycles. The van der Waals surface area contributed by atoms with Crippen LogP contribution in [0.4, 0.5) is 5.82 Å². The number of hydrogen-bond donors (Lipinski definition) is 2. The Morgan fingerprint density at radius 2 is 2.33 bits per heavy atom. The summed E-state index contributed by atoms with van der Waals surface area (Å²) in [6.45, 7) is 6.82. The number of aromatic nitrogens is 2. The van der Waals surface area contributed by atoms with Gasteiger partial charge in [-0.25, -0.2) is 0 Å². The molecule has 0 fully saturated rings. The summed E-state index contributed by atoms with van der Waals surface area (Å²) in [4.78, 5) is 0. The number of fused-ring (bicyclic) bond motifs is 1. The van der Waals surface area contributed by atoms with E-state index in [0.717, 1.165) is 19.6 Å². The molecule has 0 unspecified atom stereocenters. The van der Waals surface area contributed by atoms with Crippen LogP contribution in [0.2, 0.25) is 0 Å². The molecule has 0 aliphatic carbocycles. The van der Waals surface area contributed by atoms with Gasteiger partial charge in [0.2, 0.25) is 0 Å². The van der Waals surface area contributed by atoms with E-state index in [1.165, 1.54) is 5.69 Å². The fraction of sp³-hybridized carbons (Fsp3) is 0.625. The smallest absolute Gasteiger partial charge is 0.145 e. The molecule has 1 aromatic rings. The van der Waals surface area contributed by atoms with Crippen molar-refractivity contribution in [1.29, 1.82) is 0 Å². The van der Waals surface area contributed by atoms with Gasteiger partial charge in [-0.1, -0.05) is 13.8 Å². The third-order valence-electron chi connectivity index (χ3n) is 1.69. The largest absolute Gasteiger partial charge is 0.382 e. The summed E-state index contributed by atoms with van der Waals surface area (Å²) in [6, 6.07) is 1.91. The summed E-state index contributed by atoms with van der Waals surface area (Å²) < 4.78 is 1.95. The molecule has 1 aliphatic rings. The van der Waals surface area contributed by atoms with E-state index < -0.39 is 0 Å². The molecular weight excluding hydrogens is 152 g/mol. The summed E-state index contributed by atoms with van der Waals surface area (Å²) in [5.74, 6) is 0.624. The van der Waals surface area contributed by atoms with Gasteiger partial charge in [0.05, 0.1) is 12.2 Å². The molecule has 0 spiro atoms. The van der Waals surface area contributed by atoms with E-state index in [1.807, 2.05) is 24.6 Å². The van der Waals surface area contributed by atoms with Gasteiger partial charge in [-0.15, -0.1) is 0 Å². The highest BCUT2D eigenvalue weighted by Gasteiger charge is 2.08. The van der Waals surface area contributed by atoms with Crippen LogP contribution >= 0.6 is 0 Å². The third kappa shape index (κ3) is 1.76. The van der Waals surface area contributed by atoms with Crippen molar-refractivity contribution >= 4 is 5.82 Å². The van der Waals surface area contributed by atoms with Crippen molar-refractivity contribution in [1.82, 2.24) is 15.1 Å². The minimum Gasteiger partial charge on any atom is -0.382 e. The summed E-state index contributed by atoms with van der Waals surface area (Å²) in [5.41, 5.74) is 6.68. The molecule has 2 rings (SSSR count). The summed E-state index contributed by atoms with van der Waals surface area (Å²) in [6.07, 6.45) is 0. The van der Waals surface area contributed by atoms with Gasteiger partial charge >= 0.3 is 0 Å². The number of hydrogen-bond acceptors (Lipinski definition) is 3. The first-order valence-corrected chi connectivity index (χ1v) is 4.39. The molecule has 0 atom stereocenters. The van der Waals surface area contributed by atoms with Crippen LogP contribution in [0.25, 0.3) is 0 Å². The first-order valence-electron chi connectivity index (χ1n) is 4.39. The average molecular weight is 168 g/mol. The van der Waals surface area contributed by atoms with Crippen molar-refractivity contribution in [2.75, 3.05) is 12.3 Å². The van der Waals surface area contributed by atoms with Gasteiger partial charge in [-0.3, -0.25) is 4.68 Å². The van der Waals surface area contributed by atoms with Crippen molar-refractivity contribution in [3.63, 3.8) is 0 Å². The first kappa shape index (κ1) is 9.06. The lowest BCUT2D eigenvalue weighted by atomic mass is 10.3. The number of anilines is 1. The van der Waals surface area contributed by atoms with Crippen LogP contribution in [0, 0.1) is 0 Å². The molecule has 2 heterocycles. The van der Waals surface area contributed by atoms with Gasteiger partial charge in [0.15, 0.2) is 0 Å². The topological polar surface area (TPSA) is 55.9 Å². The van der Waals surface area contributed by atoms with E-state index in [1.54, 1.807) is 0 Å². The zero-order valence-corrected chi connectivity index (χ0v) is 7.67. The second kappa shape index (κ2) is 4.11. The van der Waals surface area contributed by atoms with Crippen molar-refractivity contribution in [2.24, 2.45) is 0 Å². The molecule has 1 aliphatic heterocycles. The van der Waals surface area contributed by atoms with Gasteiger partial charge < -0.3 is 11.1 Å². The molecule has 4 heteroatoms. The molecule has 0 aromatic carbocycles. The maximum Gasteiger partial charge on any atom is 0.145 e. The minimum absolute atomic E-state index is 0.624. The van der Waals surface area contributed by atoms with Crippen LogP contribution in [-0.2, 0) is 13.1 Å². The van der Waals surface area contributed by atoms with Crippen molar-refractivity contribution < 1.29 is 0 Å². The molecular formula is C8H16N4. The van der Waals surface area contributed by atoms with E-state index in [0.29, 0.717) is 5.82 Å². The van der Waals surface area contributed by atoms with Crippen molar-refractivity contribution in [3.8, 4) is 0 Å². The second-order valence-electron chi connectivity index (χ2n) is 2.46. The van der Waals surface area contributed by atoms with Crippen LogP contribution in [0.5, 0.6) is 0 Å². The minimum atomic E-state index is 0.624. The highest BCUT2D eigenvalue weighted by atomic mass is 15.3. The fourth-order valence-corrected chi connectivity index (χ4v) is 1.22. The van der Waals surface area contributed by atoms with E-state index >= 15 is 0 Å². The predicted octanol–water partition coefficient (Wildman–Crippen LogP) is 0.595. The monoisotopic (exact) mass is 168 g/mol. The Hall–Kier alpha value is -1.03. The van der Waals surface area contributed by atoms with E-state index in [-0.39, 0.29) is 0 Å². The van der Waals surface area contributed by atoms with Crippen LogP contribution in [0.15, 0.2) is 6.07 Å². The quantitative estimate of drug-likeness (QED) is 0.596. The Balaban J connectivity index is 0.000000336. The van der Waals surface area contributed by atoms with Crippen LogP contribution < -0.4 is 11.1 Å². The van der Waals surface area contributed by atoms with Gasteiger partial charge in [-0.05, 0) is 0 Å². The predicted molar refractivity (Wildman–Crippen MR) is 49.7 cm³/mol. The van der Waals surface area contributed by atoms with Gasteiger partial charge in [0.1, 0.15) is 5.82 Å². The SMILES string of the molecule is CC.Nc1cc2n(n1)CCNC2. The zero-order chi connectivity index (χ0) is 8.97. The Morgan fingerprint density at radius 3 is 3.00 bits per heavy atom. The standard InChI is InChI=1S/C6H10N4.C2H6/c7-6-3-5-4-8-1-2-10(5)9-6;1-2/h3,8H,1-2,4H2,(H2,7,9);1-2H3. The Bertz CT molecular complexity index is 218. The average Bonchev–Trinajstić information content (AvgIpc) is 2.48. The fourth-order valence-electron chi connectivity index (χ4n) is 1.22.